The number of benzene rings is 1. The second-order valence-electron chi connectivity index (χ2n) is 12.1. The van der Waals surface area contributed by atoms with Crippen LogP contribution in [0.4, 0.5) is 0 Å². The minimum atomic E-state index is -0.822. The van der Waals surface area contributed by atoms with E-state index in [-0.39, 0.29) is 23.3 Å². The van der Waals surface area contributed by atoms with Gasteiger partial charge in [-0.25, -0.2) is 0 Å². The first kappa shape index (κ1) is 23.0. The number of nitrogens with zero attached hydrogens (tertiary/aromatic N) is 2. The van der Waals surface area contributed by atoms with E-state index in [0.29, 0.717) is 12.0 Å². The Hall–Kier alpha value is -1.42. The van der Waals surface area contributed by atoms with Crippen molar-refractivity contribution in [3.8, 4) is 6.07 Å². The van der Waals surface area contributed by atoms with Gasteiger partial charge in [-0.2, -0.15) is 5.26 Å². The van der Waals surface area contributed by atoms with Crippen molar-refractivity contribution in [3.63, 3.8) is 0 Å². The standard InChI is InChI=1S/C28H35ClN2O3/c1-25-10-12-27(29)14-20-23(32)24(33)21(31(2)3)15-26(20)11-13-28(27,34-26)22(25)9-8-19(25)18-6-4-17(16-30)5-7-18/h4-8,20-24,32-33H,9-15H2,1-3H3/t20?,21-,22?,23+,24+,25+,26+,27?,28-/m0/s1. The predicted octanol–water partition coefficient (Wildman–Crippen LogP) is 4.10. The summed E-state index contributed by atoms with van der Waals surface area (Å²) < 4.78 is 7.28. The smallest absolute Gasteiger partial charge is 0.0991 e. The van der Waals surface area contributed by atoms with Crippen molar-refractivity contribution in [3.05, 3.63) is 41.5 Å². The molecule has 0 amide bonds. The van der Waals surface area contributed by atoms with E-state index >= 15 is 0 Å². The number of ether oxygens (including phenoxy) is 1. The fraction of sp³-hybridized carbons (Fsp3) is 0.679. The lowest BCUT2D eigenvalue weighted by Crippen LogP contribution is -2.72. The van der Waals surface area contributed by atoms with Crippen LogP contribution in [0.2, 0.25) is 0 Å². The molecule has 5 nitrogen and oxygen atoms in total. The van der Waals surface area contributed by atoms with Crippen LogP contribution in [0.5, 0.6) is 0 Å². The topological polar surface area (TPSA) is 76.7 Å². The summed E-state index contributed by atoms with van der Waals surface area (Å²) in [6.07, 6.45) is 6.74. The van der Waals surface area contributed by atoms with Crippen molar-refractivity contribution in [2.75, 3.05) is 14.1 Å². The number of nitriles is 1. The molecule has 6 rings (SSSR count). The summed E-state index contributed by atoms with van der Waals surface area (Å²) in [6, 6.07) is 10.1. The molecule has 0 aromatic heterocycles. The van der Waals surface area contributed by atoms with Crippen LogP contribution in [-0.2, 0) is 4.74 Å². The van der Waals surface area contributed by atoms with Gasteiger partial charge in [-0.1, -0.05) is 25.1 Å². The van der Waals surface area contributed by atoms with Gasteiger partial charge < -0.3 is 19.8 Å². The molecule has 2 saturated carbocycles. The molecule has 2 aliphatic heterocycles. The Morgan fingerprint density at radius 1 is 1.06 bits per heavy atom. The molecule has 3 aliphatic carbocycles. The van der Waals surface area contributed by atoms with Crippen LogP contribution >= 0.6 is 11.6 Å². The zero-order chi connectivity index (χ0) is 24.1. The van der Waals surface area contributed by atoms with Crippen molar-refractivity contribution < 1.29 is 14.9 Å². The van der Waals surface area contributed by atoms with Crippen LogP contribution in [0.3, 0.4) is 0 Å². The molecule has 2 N–H and O–H groups in total. The Morgan fingerprint density at radius 3 is 2.47 bits per heavy atom. The molecule has 2 heterocycles. The molecular formula is C28H35ClN2O3. The first-order valence-corrected chi connectivity index (χ1v) is 13.1. The Bertz CT molecular complexity index is 1080. The molecule has 1 aromatic rings. The van der Waals surface area contributed by atoms with Crippen LogP contribution in [-0.4, -0.2) is 63.5 Å². The Kier molecular flexibility index (Phi) is 4.94. The van der Waals surface area contributed by atoms with Crippen molar-refractivity contribution in [1.29, 1.82) is 5.26 Å². The number of fused-ring (bicyclic) bond motifs is 1. The third kappa shape index (κ3) is 2.75. The number of likely N-dealkylation sites (N-methyl/N-ethyl adjacent to an activating group) is 1. The van der Waals surface area contributed by atoms with Gasteiger partial charge >= 0.3 is 0 Å². The van der Waals surface area contributed by atoms with Gasteiger partial charge in [0.2, 0.25) is 0 Å². The number of hydrogen-bond acceptors (Lipinski definition) is 5. The van der Waals surface area contributed by atoms with Gasteiger partial charge in [-0.15, -0.1) is 11.6 Å². The first-order chi connectivity index (χ1) is 16.1. The average Bonchev–Trinajstić information content (AvgIpc) is 3.35. The lowest BCUT2D eigenvalue weighted by molar-refractivity contribution is -0.276. The summed E-state index contributed by atoms with van der Waals surface area (Å²) in [6.45, 7) is 2.38. The highest BCUT2D eigenvalue weighted by molar-refractivity contribution is 6.25. The van der Waals surface area contributed by atoms with E-state index in [0.717, 1.165) is 38.5 Å². The van der Waals surface area contributed by atoms with Crippen LogP contribution in [0.15, 0.2) is 30.3 Å². The normalized spacial score (nSPS) is 49.1. The van der Waals surface area contributed by atoms with E-state index in [1.54, 1.807) is 0 Å². The molecule has 1 aromatic carbocycles. The Balaban J connectivity index is 1.38. The second kappa shape index (κ2) is 7.31. The molecule has 0 radical (unpaired) electrons. The molecular weight excluding hydrogens is 448 g/mol. The van der Waals surface area contributed by atoms with E-state index < -0.39 is 28.3 Å². The van der Waals surface area contributed by atoms with Gasteiger partial charge in [0.05, 0.1) is 39.9 Å². The summed E-state index contributed by atoms with van der Waals surface area (Å²) in [5, 5.41) is 31.4. The molecule has 34 heavy (non-hydrogen) atoms. The zero-order valence-electron chi connectivity index (χ0n) is 20.3. The second-order valence-corrected chi connectivity index (χ2v) is 12.8. The highest BCUT2D eigenvalue weighted by Gasteiger charge is 2.76. The zero-order valence-corrected chi connectivity index (χ0v) is 21.1. The van der Waals surface area contributed by atoms with Crippen LogP contribution in [0.25, 0.3) is 5.57 Å². The maximum atomic E-state index is 11.2. The summed E-state index contributed by atoms with van der Waals surface area (Å²) in [5.41, 5.74) is 2.32. The molecule has 6 heteroatoms. The van der Waals surface area contributed by atoms with Crippen molar-refractivity contribution in [2.24, 2.45) is 17.3 Å². The highest BCUT2D eigenvalue weighted by atomic mass is 35.5. The summed E-state index contributed by atoms with van der Waals surface area (Å²) in [4.78, 5) is 1.50. The van der Waals surface area contributed by atoms with Gasteiger partial charge in [-0.3, -0.25) is 0 Å². The Labute approximate surface area is 207 Å². The van der Waals surface area contributed by atoms with Gasteiger partial charge in [0, 0.05) is 17.9 Å². The maximum Gasteiger partial charge on any atom is 0.0991 e. The van der Waals surface area contributed by atoms with Gasteiger partial charge in [0.25, 0.3) is 0 Å². The number of rotatable bonds is 2. The van der Waals surface area contributed by atoms with Gasteiger partial charge in [0.1, 0.15) is 0 Å². The number of hydrogen-bond donors (Lipinski definition) is 2. The third-order valence-corrected chi connectivity index (χ3v) is 11.2. The molecule has 9 atom stereocenters. The fourth-order valence-corrected chi connectivity index (χ4v) is 9.26. The lowest BCUT2D eigenvalue weighted by Gasteiger charge is -2.65. The van der Waals surface area contributed by atoms with Crippen molar-refractivity contribution in [1.82, 2.24) is 4.90 Å². The van der Waals surface area contributed by atoms with Crippen LogP contribution in [0.1, 0.15) is 63.0 Å². The van der Waals surface area contributed by atoms with E-state index in [9.17, 15) is 15.5 Å². The molecule has 2 bridgehead atoms. The lowest BCUT2D eigenvalue weighted by atomic mass is 9.52. The maximum absolute atomic E-state index is 11.2. The van der Waals surface area contributed by atoms with E-state index in [1.807, 2.05) is 31.1 Å². The fourth-order valence-electron chi connectivity index (χ4n) is 8.73. The van der Waals surface area contributed by atoms with Crippen molar-refractivity contribution >= 4 is 17.2 Å². The number of aliphatic hydroxyl groups excluding tert-OH is 2. The molecule has 5 aliphatic rings. The van der Waals surface area contributed by atoms with E-state index in [2.05, 4.69) is 31.2 Å². The number of halogens is 1. The monoisotopic (exact) mass is 482 g/mol. The number of allylic oxidation sites excluding steroid dienone is 2. The number of alkyl halides is 1. The predicted molar refractivity (Wildman–Crippen MR) is 131 cm³/mol. The summed E-state index contributed by atoms with van der Waals surface area (Å²) >= 11 is 7.56. The quantitative estimate of drug-likeness (QED) is 0.620. The molecule has 4 fully saturated rings. The molecule has 2 spiro atoms. The minimum Gasteiger partial charge on any atom is -0.390 e. The van der Waals surface area contributed by atoms with Crippen molar-refractivity contribution in [2.45, 2.75) is 86.2 Å². The Morgan fingerprint density at radius 2 is 1.79 bits per heavy atom. The van der Waals surface area contributed by atoms with Gasteiger partial charge in [0.15, 0.2) is 0 Å². The minimum absolute atomic E-state index is 0.0430. The van der Waals surface area contributed by atoms with E-state index in [1.165, 1.54) is 11.1 Å². The molecule has 182 valence electrons. The first-order valence-electron chi connectivity index (χ1n) is 12.7. The largest absolute Gasteiger partial charge is 0.390 e. The summed E-state index contributed by atoms with van der Waals surface area (Å²) in [5.74, 6) is 0.141. The summed E-state index contributed by atoms with van der Waals surface area (Å²) in [7, 11) is 3.94. The number of aliphatic hydroxyl groups is 2. The average molecular weight is 483 g/mol. The molecule has 2 saturated heterocycles. The van der Waals surface area contributed by atoms with Crippen LogP contribution < -0.4 is 0 Å². The van der Waals surface area contributed by atoms with E-state index in [4.69, 9.17) is 16.3 Å². The highest BCUT2D eigenvalue weighted by Crippen LogP contribution is 2.73. The van der Waals surface area contributed by atoms with Gasteiger partial charge in [-0.05, 0) is 87.7 Å². The third-order valence-electron chi connectivity index (χ3n) is 10.5. The molecule has 3 unspecified atom stereocenters. The SMILES string of the molecule is CN(C)[C@H]1C[C@@]23CC[C@]4(O2)C2CC=C(c5ccc(C#N)cc5)[C@@]2(C)CCC4(Cl)CC3[C@@H](O)[C@@H]1O. The van der Waals surface area contributed by atoms with Crippen LogP contribution in [0, 0.1) is 28.6 Å².